The van der Waals surface area contributed by atoms with Gasteiger partial charge in [0, 0.05) is 30.6 Å². The van der Waals surface area contributed by atoms with Crippen LogP contribution < -0.4 is 9.64 Å². The quantitative estimate of drug-likeness (QED) is 0.538. The van der Waals surface area contributed by atoms with E-state index in [0.717, 1.165) is 49.3 Å². The zero-order chi connectivity index (χ0) is 25.5. The van der Waals surface area contributed by atoms with Gasteiger partial charge in [-0.1, -0.05) is 0 Å². The van der Waals surface area contributed by atoms with Crippen LogP contribution in [0.5, 0.6) is 6.01 Å². The van der Waals surface area contributed by atoms with Crippen LogP contribution in [-0.4, -0.2) is 101 Å². The zero-order valence-electron chi connectivity index (χ0n) is 21.8. The molecule has 3 atom stereocenters. The summed E-state index contributed by atoms with van der Waals surface area (Å²) in [5, 5.41) is 15.4. The van der Waals surface area contributed by atoms with Gasteiger partial charge >= 0.3 is 6.01 Å². The number of aliphatic hydroxyl groups is 1. The summed E-state index contributed by atoms with van der Waals surface area (Å²) in [6.45, 7) is 9.16. The molecule has 10 nitrogen and oxygen atoms in total. The Hall–Kier alpha value is -2.79. The highest BCUT2D eigenvalue weighted by atomic mass is 16.5. The molecule has 3 aliphatic heterocycles. The second-order valence-electron chi connectivity index (χ2n) is 10.5. The van der Waals surface area contributed by atoms with Gasteiger partial charge in [-0.2, -0.15) is 15.1 Å². The minimum absolute atomic E-state index is 0.0243. The maximum Gasteiger partial charge on any atom is 0.320 e. The molecule has 2 unspecified atom stereocenters. The van der Waals surface area contributed by atoms with Crippen LogP contribution in [0.2, 0.25) is 0 Å². The van der Waals surface area contributed by atoms with E-state index in [1.807, 2.05) is 16.9 Å². The SMILES string of the molecule is COc1nc(N2CCO[C@H](CO)C2)cc(-n2ncc3cc(C)c(C4CCN(C5COC5)C(C)C4)cc32)n1. The van der Waals surface area contributed by atoms with E-state index in [4.69, 9.17) is 19.3 Å². The highest BCUT2D eigenvalue weighted by molar-refractivity contribution is 5.82. The number of piperidine rings is 1. The third kappa shape index (κ3) is 4.67. The average Bonchev–Trinajstić information content (AvgIpc) is 3.30. The van der Waals surface area contributed by atoms with Crippen LogP contribution in [0.15, 0.2) is 24.4 Å². The number of fused-ring (bicyclic) bond motifs is 1. The second-order valence-corrected chi connectivity index (χ2v) is 10.5. The zero-order valence-corrected chi connectivity index (χ0v) is 21.8. The fourth-order valence-electron chi connectivity index (χ4n) is 6.06. The van der Waals surface area contributed by atoms with Gasteiger partial charge in [-0.25, -0.2) is 4.68 Å². The molecule has 0 aliphatic carbocycles. The molecular weight excluding hydrogens is 472 g/mol. The molecule has 0 spiro atoms. The Morgan fingerprint density at radius 2 is 1.97 bits per heavy atom. The molecule has 1 N–H and O–H groups in total. The Balaban J connectivity index is 1.32. The van der Waals surface area contributed by atoms with E-state index in [0.29, 0.717) is 43.5 Å². The lowest BCUT2D eigenvalue weighted by atomic mass is 9.82. The first-order valence-corrected chi connectivity index (χ1v) is 13.3. The first kappa shape index (κ1) is 24.5. The highest BCUT2D eigenvalue weighted by Crippen LogP contribution is 2.37. The Morgan fingerprint density at radius 3 is 2.70 bits per heavy atom. The number of methoxy groups -OCH3 is 1. The molecule has 6 rings (SSSR count). The molecule has 0 amide bonds. The number of ether oxygens (including phenoxy) is 3. The summed E-state index contributed by atoms with van der Waals surface area (Å²) in [4.78, 5) is 13.9. The van der Waals surface area contributed by atoms with Crippen LogP contribution in [0.4, 0.5) is 5.82 Å². The second kappa shape index (κ2) is 10.2. The molecule has 5 heterocycles. The monoisotopic (exact) mass is 508 g/mol. The standard InChI is InChI=1S/C27H36N6O4/c1-17-8-20-12-28-33(24(20)10-23(17)19-4-5-32(18(2)9-19)21-15-36-16-21)26-11-25(29-27(30-26)35-3)31-6-7-37-22(13-31)14-34/h8,10-12,18-19,21-22,34H,4-7,9,13-16H2,1-3H3/t18?,19?,22-/m0/s1. The summed E-state index contributed by atoms with van der Waals surface area (Å²) in [5.74, 6) is 1.91. The fraction of sp³-hybridized carbons (Fsp3) is 0.593. The van der Waals surface area contributed by atoms with E-state index < -0.39 is 0 Å². The van der Waals surface area contributed by atoms with Crippen molar-refractivity contribution in [2.24, 2.45) is 0 Å². The summed E-state index contributed by atoms with van der Waals surface area (Å²) in [6, 6.07) is 7.91. The number of hydrogen-bond donors (Lipinski definition) is 1. The predicted octanol–water partition coefficient (Wildman–Crippen LogP) is 2.30. The molecule has 3 aromatic rings. The van der Waals surface area contributed by atoms with Crippen molar-refractivity contribution >= 4 is 16.7 Å². The highest BCUT2D eigenvalue weighted by Gasteiger charge is 2.35. The number of rotatable bonds is 6. The van der Waals surface area contributed by atoms with Gasteiger partial charge in [0.1, 0.15) is 5.82 Å². The Morgan fingerprint density at radius 1 is 1.14 bits per heavy atom. The van der Waals surface area contributed by atoms with E-state index in [-0.39, 0.29) is 18.7 Å². The van der Waals surface area contributed by atoms with Gasteiger partial charge in [0.15, 0.2) is 5.82 Å². The first-order chi connectivity index (χ1) is 18.0. The lowest BCUT2D eigenvalue weighted by Gasteiger charge is -2.45. The number of aromatic nitrogens is 4. The lowest BCUT2D eigenvalue weighted by molar-refractivity contribution is -0.0862. The number of anilines is 1. The Bertz CT molecular complexity index is 1260. The molecular formula is C27H36N6O4. The van der Waals surface area contributed by atoms with Crippen LogP contribution in [0.25, 0.3) is 16.7 Å². The molecule has 0 bridgehead atoms. The van der Waals surface area contributed by atoms with Crippen molar-refractivity contribution in [3.63, 3.8) is 0 Å². The molecule has 3 saturated heterocycles. The number of likely N-dealkylation sites (tertiary alicyclic amines) is 1. The predicted molar refractivity (Wildman–Crippen MR) is 140 cm³/mol. The number of aliphatic hydroxyl groups excluding tert-OH is 1. The van der Waals surface area contributed by atoms with E-state index >= 15 is 0 Å². The van der Waals surface area contributed by atoms with Crippen LogP contribution in [0, 0.1) is 6.92 Å². The van der Waals surface area contributed by atoms with Crippen molar-refractivity contribution in [3.05, 3.63) is 35.5 Å². The minimum Gasteiger partial charge on any atom is -0.467 e. The summed E-state index contributed by atoms with van der Waals surface area (Å²) in [6.07, 6.45) is 3.96. The first-order valence-electron chi connectivity index (χ1n) is 13.3. The summed E-state index contributed by atoms with van der Waals surface area (Å²) in [5.41, 5.74) is 3.74. The van der Waals surface area contributed by atoms with Crippen molar-refractivity contribution in [1.29, 1.82) is 0 Å². The van der Waals surface area contributed by atoms with Gasteiger partial charge in [0.05, 0.1) is 57.4 Å². The molecule has 0 radical (unpaired) electrons. The van der Waals surface area contributed by atoms with E-state index in [9.17, 15) is 5.11 Å². The smallest absolute Gasteiger partial charge is 0.320 e. The molecule has 0 saturated carbocycles. The van der Waals surface area contributed by atoms with Crippen LogP contribution in [0.3, 0.4) is 0 Å². The fourth-order valence-corrected chi connectivity index (χ4v) is 6.06. The average molecular weight is 509 g/mol. The number of benzene rings is 1. The Labute approximate surface area is 217 Å². The molecule has 3 fully saturated rings. The molecule has 198 valence electrons. The number of morpholine rings is 1. The van der Waals surface area contributed by atoms with Crippen molar-refractivity contribution in [3.8, 4) is 11.8 Å². The van der Waals surface area contributed by atoms with E-state index in [1.54, 1.807) is 7.11 Å². The van der Waals surface area contributed by atoms with Gasteiger partial charge < -0.3 is 24.2 Å². The minimum atomic E-state index is -0.236. The van der Waals surface area contributed by atoms with E-state index in [1.165, 1.54) is 11.1 Å². The molecule has 10 heteroatoms. The lowest BCUT2D eigenvalue weighted by Crippen LogP contribution is -2.55. The maximum atomic E-state index is 9.58. The van der Waals surface area contributed by atoms with Crippen molar-refractivity contribution in [2.75, 3.05) is 58.1 Å². The Kier molecular flexibility index (Phi) is 6.74. The topological polar surface area (TPSA) is 98.0 Å². The third-order valence-corrected chi connectivity index (χ3v) is 8.16. The molecule has 1 aromatic carbocycles. The number of nitrogens with zero attached hydrogens (tertiary/aromatic N) is 6. The van der Waals surface area contributed by atoms with Gasteiger partial charge in [0.25, 0.3) is 0 Å². The van der Waals surface area contributed by atoms with Crippen molar-refractivity contribution in [1.82, 2.24) is 24.6 Å². The third-order valence-electron chi connectivity index (χ3n) is 8.16. The maximum absolute atomic E-state index is 9.58. The van der Waals surface area contributed by atoms with Gasteiger partial charge in [-0.05, 0) is 62.4 Å². The summed E-state index contributed by atoms with van der Waals surface area (Å²) in [7, 11) is 1.57. The van der Waals surface area contributed by atoms with Gasteiger partial charge in [-0.15, -0.1) is 0 Å². The molecule has 37 heavy (non-hydrogen) atoms. The van der Waals surface area contributed by atoms with Crippen LogP contribution in [0.1, 0.15) is 36.8 Å². The summed E-state index contributed by atoms with van der Waals surface area (Å²) < 4.78 is 18.4. The van der Waals surface area contributed by atoms with Crippen molar-refractivity contribution < 1.29 is 19.3 Å². The summed E-state index contributed by atoms with van der Waals surface area (Å²) >= 11 is 0. The molecule has 2 aromatic heterocycles. The van der Waals surface area contributed by atoms with Crippen LogP contribution >= 0.6 is 0 Å². The molecule has 3 aliphatic rings. The van der Waals surface area contributed by atoms with Gasteiger partial charge in [-0.3, -0.25) is 4.90 Å². The number of aryl methyl sites for hydroxylation is 1. The van der Waals surface area contributed by atoms with Crippen LogP contribution in [-0.2, 0) is 9.47 Å². The largest absolute Gasteiger partial charge is 0.467 e. The van der Waals surface area contributed by atoms with Gasteiger partial charge in [0.2, 0.25) is 0 Å². The van der Waals surface area contributed by atoms with Crippen molar-refractivity contribution in [2.45, 2.75) is 50.8 Å². The number of hydrogen-bond acceptors (Lipinski definition) is 9. The normalized spacial score (nSPS) is 25.4. The van der Waals surface area contributed by atoms with E-state index in [2.05, 4.69) is 45.7 Å².